The van der Waals surface area contributed by atoms with E-state index in [1.165, 1.54) is 18.2 Å². The summed E-state index contributed by atoms with van der Waals surface area (Å²) in [7, 11) is 3.92. The number of hydrogen-bond acceptors (Lipinski definition) is 3. The number of ketones is 1. The second kappa shape index (κ2) is 6.86. The summed E-state index contributed by atoms with van der Waals surface area (Å²) in [4.78, 5) is 14.1. The molecule has 0 atom stereocenters. The van der Waals surface area contributed by atoms with Gasteiger partial charge in [-0.3, -0.25) is 4.79 Å². The van der Waals surface area contributed by atoms with Crippen LogP contribution < -0.4 is 4.90 Å². The lowest BCUT2D eigenvalue weighted by Gasteiger charge is -2.11. The lowest BCUT2D eigenvalue weighted by atomic mass is 10.1. The third kappa shape index (κ3) is 3.81. The highest BCUT2D eigenvalue weighted by Gasteiger charge is 2.13. The van der Waals surface area contributed by atoms with Crippen LogP contribution in [0, 0.1) is 0 Å². The average Bonchev–Trinajstić information content (AvgIpc) is 2.48. The second-order valence-electron chi connectivity index (χ2n) is 4.97. The van der Waals surface area contributed by atoms with Crippen LogP contribution in [0.25, 0.3) is 6.08 Å². The lowest BCUT2D eigenvalue weighted by molar-refractivity contribution is 0.104. The molecular formula is C17H15Cl2NO2. The molecule has 5 heteroatoms. The van der Waals surface area contributed by atoms with Crippen LogP contribution >= 0.6 is 23.2 Å². The molecule has 0 saturated carbocycles. The van der Waals surface area contributed by atoms with Crippen molar-refractivity contribution >= 4 is 40.7 Å². The van der Waals surface area contributed by atoms with Gasteiger partial charge in [0.15, 0.2) is 5.78 Å². The Hall–Kier alpha value is -1.97. The van der Waals surface area contributed by atoms with Gasteiger partial charge in [-0.25, -0.2) is 0 Å². The Morgan fingerprint density at radius 1 is 1.14 bits per heavy atom. The topological polar surface area (TPSA) is 40.5 Å². The van der Waals surface area contributed by atoms with E-state index in [1.807, 2.05) is 43.3 Å². The highest BCUT2D eigenvalue weighted by atomic mass is 35.5. The van der Waals surface area contributed by atoms with Crippen LogP contribution in [0.1, 0.15) is 15.9 Å². The van der Waals surface area contributed by atoms with Gasteiger partial charge in [0.1, 0.15) is 5.75 Å². The summed E-state index contributed by atoms with van der Waals surface area (Å²) in [6, 6.07) is 10.5. The zero-order chi connectivity index (χ0) is 16.3. The van der Waals surface area contributed by atoms with E-state index in [4.69, 9.17) is 23.2 Å². The number of aromatic hydroxyl groups is 1. The third-order valence-corrected chi connectivity index (χ3v) is 3.64. The van der Waals surface area contributed by atoms with Gasteiger partial charge in [0, 0.05) is 24.8 Å². The van der Waals surface area contributed by atoms with Gasteiger partial charge in [0.2, 0.25) is 0 Å². The molecule has 0 amide bonds. The van der Waals surface area contributed by atoms with Crippen LogP contribution in [0.15, 0.2) is 42.5 Å². The zero-order valence-corrected chi connectivity index (χ0v) is 13.7. The number of carbonyl (C=O) groups is 1. The highest BCUT2D eigenvalue weighted by Crippen LogP contribution is 2.31. The quantitative estimate of drug-likeness (QED) is 0.652. The Morgan fingerprint density at radius 3 is 2.36 bits per heavy atom. The van der Waals surface area contributed by atoms with Crippen LogP contribution in [0.3, 0.4) is 0 Å². The molecule has 0 fully saturated rings. The molecule has 0 radical (unpaired) electrons. The molecule has 0 spiro atoms. The molecule has 0 unspecified atom stereocenters. The summed E-state index contributed by atoms with van der Waals surface area (Å²) in [5.41, 5.74) is 2.04. The minimum absolute atomic E-state index is 0.0552. The summed E-state index contributed by atoms with van der Waals surface area (Å²) < 4.78 is 0. The summed E-state index contributed by atoms with van der Waals surface area (Å²) in [6.07, 6.45) is 3.06. The lowest BCUT2D eigenvalue weighted by Crippen LogP contribution is -2.07. The van der Waals surface area contributed by atoms with Crippen molar-refractivity contribution in [2.24, 2.45) is 0 Å². The van der Waals surface area contributed by atoms with Gasteiger partial charge < -0.3 is 10.0 Å². The van der Waals surface area contributed by atoms with E-state index in [0.29, 0.717) is 5.02 Å². The fraction of sp³-hybridized carbons (Fsp3) is 0.118. The van der Waals surface area contributed by atoms with Crippen molar-refractivity contribution in [3.63, 3.8) is 0 Å². The van der Waals surface area contributed by atoms with Crippen molar-refractivity contribution in [1.82, 2.24) is 0 Å². The summed E-state index contributed by atoms with van der Waals surface area (Å²) in [6.45, 7) is 0. The molecule has 0 heterocycles. The predicted molar refractivity (Wildman–Crippen MR) is 92.3 cm³/mol. The molecule has 0 saturated heterocycles. The first-order valence-electron chi connectivity index (χ1n) is 6.56. The number of carbonyl (C=O) groups excluding carboxylic acids is 1. The summed E-state index contributed by atoms with van der Waals surface area (Å²) in [5.74, 6) is -0.623. The Morgan fingerprint density at radius 2 is 1.77 bits per heavy atom. The number of rotatable bonds is 4. The SMILES string of the molecule is CN(C)c1ccc(/C=C/C(=O)c2cc(Cl)cc(Cl)c2O)cc1. The number of hydrogen-bond donors (Lipinski definition) is 1. The predicted octanol–water partition coefficient (Wildman–Crippen LogP) is 4.66. The normalized spacial score (nSPS) is 10.9. The van der Waals surface area contributed by atoms with Crippen LogP contribution in [0.5, 0.6) is 5.75 Å². The van der Waals surface area contributed by atoms with Gasteiger partial charge in [-0.05, 0) is 35.9 Å². The van der Waals surface area contributed by atoms with E-state index < -0.39 is 0 Å². The van der Waals surface area contributed by atoms with E-state index in [-0.39, 0.29) is 22.1 Å². The number of phenols is 1. The van der Waals surface area contributed by atoms with Gasteiger partial charge in [-0.15, -0.1) is 0 Å². The van der Waals surface area contributed by atoms with Crippen molar-refractivity contribution < 1.29 is 9.90 Å². The fourth-order valence-corrected chi connectivity index (χ4v) is 2.39. The number of phenolic OH excluding ortho intramolecular Hbond substituents is 1. The van der Waals surface area contributed by atoms with Gasteiger partial charge in [0.05, 0.1) is 10.6 Å². The molecule has 114 valence electrons. The van der Waals surface area contributed by atoms with Crippen LogP contribution in [-0.2, 0) is 0 Å². The molecule has 3 nitrogen and oxygen atoms in total. The largest absolute Gasteiger partial charge is 0.506 e. The number of nitrogens with zero attached hydrogens (tertiary/aromatic N) is 1. The molecule has 1 N–H and O–H groups in total. The van der Waals surface area contributed by atoms with E-state index in [0.717, 1.165) is 11.3 Å². The molecule has 2 aromatic rings. The zero-order valence-electron chi connectivity index (χ0n) is 12.2. The number of halogens is 2. The first-order chi connectivity index (χ1) is 10.4. The first-order valence-corrected chi connectivity index (χ1v) is 7.32. The smallest absolute Gasteiger partial charge is 0.189 e. The van der Waals surface area contributed by atoms with Crippen LogP contribution in [0.2, 0.25) is 10.0 Å². The van der Waals surface area contributed by atoms with Crippen molar-refractivity contribution in [3.05, 3.63) is 63.6 Å². The summed E-state index contributed by atoms with van der Waals surface area (Å²) >= 11 is 11.7. The number of allylic oxidation sites excluding steroid dienone is 1. The van der Waals surface area contributed by atoms with Crippen molar-refractivity contribution in [2.75, 3.05) is 19.0 Å². The van der Waals surface area contributed by atoms with Crippen molar-refractivity contribution in [1.29, 1.82) is 0 Å². The number of benzene rings is 2. The highest BCUT2D eigenvalue weighted by molar-refractivity contribution is 6.36. The van der Waals surface area contributed by atoms with Gasteiger partial charge in [0.25, 0.3) is 0 Å². The Labute approximate surface area is 139 Å². The Kier molecular flexibility index (Phi) is 5.11. The molecule has 2 rings (SSSR count). The van der Waals surface area contributed by atoms with E-state index in [1.54, 1.807) is 6.08 Å². The monoisotopic (exact) mass is 335 g/mol. The molecule has 0 aromatic heterocycles. The molecule has 0 aliphatic rings. The minimum Gasteiger partial charge on any atom is -0.506 e. The maximum atomic E-state index is 12.1. The standard InChI is InChI=1S/C17H15Cl2NO2/c1-20(2)13-6-3-11(4-7-13)5-8-16(21)14-9-12(18)10-15(19)17(14)22/h3-10,22H,1-2H3/b8-5+. The van der Waals surface area contributed by atoms with Crippen molar-refractivity contribution in [3.8, 4) is 5.75 Å². The molecular weight excluding hydrogens is 321 g/mol. The van der Waals surface area contributed by atoms with Gasteiger partial charge in [-0.1, -0.05) is 41.4 Å². The third-order valence-electron chi connectivity index (χ3n) is 3.13. The van der Waals surface area contributed by atoms with Gasteiger partial charge in [-0.2, -0.15) is 0 Å². The van der Waals surface area contributed by atoms with E-state index >= 15 is 0 Å². The first kappa shape index (κ1) is 16.4. The van der Waals surface area contributed by atoms with Crippen LogP contribution in [0.4, 0.5) is 5.69 Å². The van der Waals surface area contributed by atoms with Crippen molar-refractivity contribution in [2.45, 2.75) is 0 Å². The Bertz CT molecular complexity index is 722. The van der Waals surface area contributed by atoms with E-state index in [2.05, 4.69) is 0 Å². The maximum absolute atomic E-state index is 12.1. The average molecular weight is 336 g/mol. The number of anilines is 1. The second-order valence-corrected chi connectivity index (χ2v) is 5.81. The maximum Gasteiger partial charge on any atom is 0.189 e. The Balaban J connectivity index is 2.21. The van der Waals surface area contributed by atoms with Gasteiger partial charge >= 0.3 is 0 Å². The minimum atomic E-state index is -0.362. The molecule has 0 bridgehead atoms. The molecule has 0 aliphatic heterocycles. The molecule has 2 aromatic carbocycles. The van der Waals surface area contributed by atoms with E-state index in [9.17, 15) is 9.90 Å². The molecule has 0 aliphatic carbocycles. The van der Waals surface area contributed by atoms with Crippen LogP contribution in [-0.4, -0.2) is 25.0 Å². The molecule has 22 heavy (non-hydrogen) atoms. The fourth-order valence-electron chi connectivity index (χ4n) is 1.90. The summed E-state index contributed by atoms with van der Waals surface area (Å²) in [5, 5.41) is 10.2.